The molecular weight excluding hydrogens is 222 g/mol. The summed E-state index contributed by atoms with van der Waals surface area (Å²) < 4.78 is 0. The highest BCUT2D eigenvalue weighted by atomic mass is 15.2. The average Bonchev–Trinajstić information content (AvgIpc) is 2.66. The lowest BCUT2D eigenvalue weighted by Crippen LogP contribution is -2.38. The maximum atomic E-state index is 6.14. The van der Waals surface area contributed by atoms with Gasteiger partial charge < -0.3 is 10.6 Å². The monoisotopic (exact) mass is 251 g/mol. The molecule has 0 aromatic heterocycles. The van der Waals surface area contributed by atoms with Crippen LogP contribution >= 0.6 is 0 Å². The van der Waals surface area contributed by atoms with Crippen LogP contribution in [0.15, 0.2) is 4.99 Å². The van der Waals surface area contributed by atoms with Gasteiger partial charge in [0.1, 0.15) is 0 Å². The van der Waals surface area contributed by atoms with Crippen LogP contribution in [-0.4, -0.2) is 30.5 Å². The summed E-state index contributed by atoms with van der Waals surface area (Å²) in [4.78, 5) is 6.95. The molecule has 0 spiro atoms. The molecule has 2 rings (SSSR count). The van der Waals surface area contributed by atoms with E-state index in [0.29, 0.717) is 0 Å². The molecule has 2 aliphatic rings. The first kappa shape index (κ1) is 13.7. The second kappa shape index (κ2) is 7.01. The second-order valence-corrected chi connectivity index (χ2v) is 6.23. The highest BCUT2D eigenvalue weighted by Crippen LogP contribution is 2.28. The summed E-state index contributed by atoms with van der Waals surface area (Å²) in [6.07, 6.45) is 10.7. The number of nitrogens with zero attached hydrogens (tertiary/aromatic N) is 2. The predicted octanol–water partition coefficient (Wildman–Crippen LogP) is 3.00. The van der Waals surface area contributed by atoms with Gasteiger partial charge in [0, 0.05) is 19.6 Å². The predicted molar refractivity (Wildman–Crippen MR) is 77.7 cm³/mol. The van der Waals surface area contributed by atoms with E-state index in [1.165, 1.54) is 51.4 Å². The number of hydrogen-bond donors (Lipinski definition) is 1. The first-order valence-electron chi connectivity index (χ1n) is 7.80. The minimum Gasteiger partial charge on any atom is -0.370 e. The van der Waals surface area contributed by atoms with Crippen molar-refractivity contribution in [1.82, 2.24) is 4.90 Å². The summed E-state index contributed by atoms with van der Waals surface area (Å²) in [7, 11) is 0. The van der Waals surface area contributed by atoms with Gasteiger partial charge >= 0.3 is 0 Å². The van der Waals surface area contributed by atoms with Gasteiger partial charge in [0.05, 0.1) is 0 Å². The minimum atomic E-state index is 0.784. The fourth-order valence-electron chi connectivity index (χ4n) is 3.13. The van der Waals surface area contributed by atoms with Gasteiger partial charge in [0.15, 0.2) is 5.96 Å². The third-order valence-corrected chi connectivity index (χ3v) is 4.58. The van der Waals surface area contributed by atoms with Crippen LogP contribution in [0, 0.1) is 11.8 Å². The molecule has 18 heavy (non-hydrogen) atoms. The molecule has 0 aromatic carbocycles. The Balaban J connectivity index is 1.76. The third kappa shape index (κ3) is 4.18. The van der Waals surface area contributed by atoms with E-state index < -0.39 is 0 Å². The van der Waals surface area contributed by atoms with Gasteiger partial charge in [-0.3, -0.25) is 4.99 Å². The van der Waals surface area contributed by atoms with Crippen molar-refractivity contribution < 1.29 is 0 Å². The van der Waals surface area contributed by atoms with E-state index >= 15 is 0 Å². The summed E-state index contributed by atoms with van der Waals surface area (Å²) in [5.41, 5.74) is 6.14. The molecule has 0 amide bonds. The Morgan fingerprint density at radius 3 is 2.28 bits per heavy atom. The molecule has 1 aliphatic carbocycles. The SMILES string of the molecule is CC1CCC(CN=C(N)N2CCCCCC2)CC1. The maximum Gasteiger partial charge on any atom is 0.191 e. The van der Waals surface area contributed by atoms with Gasteiger partial charge in [-0.05, 0) is 37.5 Å². The molecule has 2 fully saturated rings. The molecule has 2 N–H and O–H groups in total. The van der Waals surface area contributed by atoms with Gasteiger partial charge in [-0.15, -0.1) is 0 Å². The van der Waals surface area contributed by atoms with E-state index in [9.17, 15) is 0 Å². The topological polar surface area (TPSA) is 41.6 Å². The summed E-state index contributed by atoms with van der Waals surface area (Å²) in [5, 5.41) is 0. The van der Waals surface area contributed by atoms with E-state index in [1.54, 1.807) is 0 Å². The molecule has 0 unspecified atom stereocenters. The maximum absolute atomic E-state index is 6.14. The molecule has 3 nitrogen and oxygen atoms in total. The van der Waals surface area contributed by atoms with E-state index in [1.807, 2.05) is 0 Å². The fraction of sp³-hybridized carbons (Fsp3) is 0.933. The van der Waals surface area contributed by atoms with Crippen molar-refractivity contribution >= 4 is 5.96 Å². The molecule has 0 aromatic rings. The Kier molecular flexibility index (Phi) is 5.33. The molecule has 0 atom stereocenters. The Morgan fingerprint density at radius 1 is 1.06 bits per heavy atom. The number of nitrogens with two attached hydrogens (primary N) is 1. The van der Waals surface area contributed by atoms with E-state index in [-0.39, 0.29) is 0 Å². The zero-order valence-electron chi connectivity index (χ0n) is 11.9. The Bertz CT molecular complexity index is 259. The lowest BCUT2D eigenvalue weighted by Gasteiger charge is -2.26. The summed E-state index contributed by atoms with van der Waals surface area (Å²) in [5.74, 6) is 2.51. The van der Waals surface area contributed by atoms with Crippen molar-refractivity contribution in [3.8, 4) is 0 Å². The summed E-state index contributed by atoms with van der Waals surface area (Å²) in [6, 6.07) is 0. The highest BCUT2D eigenvalue weighted by Gasteiger charge is 2.18. The average molecular weight is 251 g/mol. The first-order valence-corrected chi connectivity index (χ1v) is 7.80. The Morgan fingerprint density at radius 2 is 1.67 bits per heavy atom. The van der Waals surface area contributed by atoms with Crippen LogP contribution in [0.2, 0.25) is 0 Å². The van der Waals surface area contributed by atoms with Gasteiger partial charge in [-0.2, -0.15) is 0 Å². The van der Waals surface area contributed by atoms with Crippen LogP contribution in [0.5, 0.6) is 0 Å². The molecule has 3 heteroatoms. The van der Waals surface area contributed by atoms with Gasteiger partial charge in [0.2, 0.25) is 0 Å². The van der Waals surface area contributed by atoms with Gasteiger partial charge in [-0.25, -0.2) is 0 Å². The normalized spacial score (nSPS) is 31.2. The number of rotatable bonds is 2. The van der Waals surface area contributed by atoms with Crippen molar-refractivity contribution in [3.05, 3.63) is 0 Å². The molecule has 1 saturated heterocycles. The van der Waals surface area contributed by atoms with Crippen LogP contribution in [0.25, 0.3) is 0 Å². The standard InChI is InChI=1S/C15H29N3/c1-13-6-8-14(9-7-13)12-17-15(16)18-10-4-2-3-5-11-18/h13-14H,2-12H2,1H3,(H2,16,17). The molecule has 1 aliphatic heterocycles. The van der Waals surface area contributed by atoms with Crippen LogP contribution in [0.3, 0.4) is 0 Å². The van der Waals surface area contributed by atoms with Gasteiger partial charge in [0.25, 0.3) is 0 Å². The summed E-state index contributed by atoms with van der Waals surface area (Å²) in [6.45, 7) is 5.54. The highest BCUT2D eigenvalue weighted by molar-refractivity contribution is 5.78. The first-order chi connectivity index (χ1) is 8.75. The number of aliphatic imine (C=N–C) groups is 1. The quantitative estimate of drug-likeness (QED) is 0.605. The van der Waals surface area contributed by atoms with Crippen molar-refractivity contribution in [2.24, 2.45) is 22.6 Å². The van der Waals surface area contributed by atoms with Crippen molar-refractivity contribution in [1.29, 1.82) is 0 Å². The summed E-state index contributed by atoms with van der Waals surface area (Å²) >= 11 is 0. The third-order valence-electron chi connectivity index (χ3n) is 4.58. The van der Waals surface area contributed by atoms with Crippen molar-refractivity contribution in [2.75, 3.05) is 19.6 Å². The minimum absolute atomic E-state index is 0.784. The molecule has 1 saturated carbocycles. The Hall–Kier alpha value is -0.730. The van der Waals surface area contributed by atoms with E-state index in [0.717, 1.165) is 37.4 Å². The van der Waals surface area contributed by atoms with Crippen LogP contribution in [0.4, 0.5) is 0 Å². The lowest BCUT2D eigenvalue weighted by atomic mass is 9.83. The lowest BCUT2D eigenvalue weighted by molar-refractivity contribution is 0.295. The Labute approximate surface area is 112 Å². The smallest absolute Gasteiger partial charge is 0.191 e. The molecule has 0 radical (unpaired) electrons. The van der Waals surface area contributed by atoms with Crippen LogP contribution in [0.1, 0.15) is 58.3 Å². The van der Waals surface area contributed by atoms with Crippen molar-refractivity contribution in [3.63, 3.8) is 0 Å². The molecule has 1 heterocycles. The number of hydrogen-bond acceptors (Lipinski definition) is 1. The van der Waals surface area contributed by atoms with Crippen molar-refractivity contribution in [2.45, 2.75) is 58.3 Å². The van der Waals surface area contributed by atoms with Gasteiger partial charge in [-0.1, -0.05) is 32.6 Å². The second-order valence-electron chi connectivity index (χ2n) is 6.23. The van der Waals surface area contributed by atoms with Crippen LogP contribution < -0.4 is 5.73 Å². The largest absolute Gasteiger partial charge is 0.370 e. The molecular formula is C15H29N3. The molecule has 104 valence electrons. The van der Waals surface area contributed by atoms with Crippen LogP contribution in [-0.2, 0) is 0 Å². The zero-order chi connectivity index (χ0) is 12.8. The number of likely N-dealkylation sites (tertiary alicyclic amines) is 1. The van der Waals surface area contributed by atoms with E-state index in [4.69, 9.17) is 5.73 Å². The fourth-order valence-corrected chi connectivity index (χ4v) is 3.13. The zero-order valence-corrected chi connectivity index (χ0v) is 11.9. The molecule has 0 bridgehead atoms. The van der Waals surface area contributed by atoms with E-state index in [2.05, 4.69) is 16.8 Å². The number of guanidine groups is 1.